The van der Waals surface area contributed by atoms with E-state index in [1.807, 2.05) is 0 Å². The van der Waals surface area contributed by atoms with Gasteiger partial charge in [0.05, 0.1) is 0 Å². The molecule has 3 N–H and O–H groups in total. The number of carboxylic acids is 2. The molecule has 0 rings (SSSR count). The fraction of sp³-hybridized carbons (Fsp3) is 0.842. The zero-order valence-corrected chi connectivity index (χ0v) is 15.6. The summed E-state index contributed by atoms with van der Waals surface area (Å²) in [7, 11) is 0. The molecular weight excluding hydrogens is 345 g/mol. The van der Waals surface area contributed by atoms with E-state index >= 15 is 0 Å². The number of carboxylic acid groups (broad SMARTS) is 2. The number of unbranched alkanes of at least 4 members (excludes halogenated alkanes) is 10. The molecule has 0 fully saturated rings. The van der Waals surface area contributed by atoms with Gasteiger partial charge in [0, 0.05) is 12.8 Å². The summed E-state index contributed by atoms with van der Waals surface area (Å²) in [6.45, 7) is 2.22. The van der Waals surface area contributed by atoms with Gasteiger partial charge < -0.3 is 15.5 Å². The zero-order valence-electron chi connectivity index (χ0n) is 15.6. The van der Waals surface area contributed by atoms with Crippen LogP contribution in [0.3, 0.4) is 0 Å². The Morgan fingerprint density at radius 2 is 1.23 bits per heavy atom. The minimum absolute atomic E-state index is 0. The van der Waals surface area contributed by atoms with Crippen LogP contribution in [0.25, 0.3) is 0 Å². The fourth-order valence-electron chi connectivity index (χ4n) is 2.74. The first-order chi connectivity index (χ1) is 12.0. The Bertz CT molecular complexity index is 390. The summed E-state index contributed by atoms with van der Waals surface area (Å²) in [4.78, 5) is 33.2. The molecule has 26 heavy (non-hydrogen) atoms. The molecule has 0 bridgehead atoms. The molecule has 0 aliphatic carbocycles. The van der Waals surface area contributed by atoms with E-state index in [9.17, 15) is 14.4 Å². The van der Waals surface area contributed by atoms with Crippen molar-refractivity contribution >= 4 is 47.4 Å². The molecule has 7 heteroatoms. The molecule has 148 valence electrons. The van der Waals surface area contributed by atoms with Gasteiger partial charge in [-0.1, -0.05) is 71.1 Å². The molecule has 0 radical (unpaired) electrons. The van der Waals surface area contributed by atoms with Crippen molar-refractivity contribution in [2.75, 3.05) is 0 Å². The van der Waals surface area contributed by atoms with Gasteiger partial charge in [-0.15, -0.1) is 0 Å². The minimum atomic E-state index is -1.19. The molecule has 1 atom stereocenters. The molecule has 1 amide bonds. The monoisotopic (exact) mass is 381 g/mol. The van der Waals surface area contributed by atoms with E-state index in [-0.39, 0.29) is 48.3 Å². The fourth-order valence-corrected chi connectivity index (χ4v) is 2.74. The average Bonchev–Trinajstić information content (AvgIpc) is 2.56. The zero-order chi connectivity index (χ0) is 18.9. The third kappa shape index (κ3) is 18.2. The molecule has 0 heterocycles. The van der Waals surface area contributed by atoms with Crippen LogP contribution in [0.15, 0.2) is 0 Å². The predicted octanol–water partition coefficient (Wildman–Crippen LogP) is 3.47. The number of amides is 1. The summed E-state index contributed by atoms with van der Waals surface area (Å²) in [5.41, 5.74) is 0. The second-order valence-corrected chi connectivity index (χ2v) is 6.68. The molecule has 0 saturated heterocycles. The van der Waals surface area contributed by atoms with Crippen molar-refractivity contribution in [3.8, 4) is 0 Å². The summed E-state index contributed by atoms with van der Waals surface area (Å²) >= 11 is 0. The van der Waals surface area contributed by atoms with Crippen LogP contribution in [0.5, 0.6) is 0 Å². The van der Waals surface area contributed by atoms with Gasteiger partial charge >= 0.3 is 41.5 Å². The Morgan fingerprint density at radius 3 is 1.65 bits per heavy atom. The van der Waals surface area contributed by atoms with E-state index < -0.39 is 18.0 Å². The summed E-state index contributed by atoms with van der Waals surface area (Å²) in [5, 5.41) is 20.0. The second kappa shape index (κ2) is 19.2. The third-order valence-corrected chi connectivity index (χ3v) is 4.29. The molecule has 0 spiro atoms. The topological polar surface area (TPSA) is 104 Å². The van der Waals surface area contributed by atoms with Crippen molar-refractivity contribution in [2.45, 2.75) is 103 Å². The van der Waals surface area contributed by atoms with Crippen molar-refractivity contribution < 1.29 is 24.6 Å². The van der Waals surface area contributed by atoms with Gasteiger partial charge in [0.1, 0.15) is 6.04 Å². The van der Waals surface area contributed by atoms with Gasteiger partial charge in [0.15, 0.2) is 0 Å². The van der Waals surface area contributed by atoms with Crippen LogP contribution in [-0.4, -0.2) is 63.7 Å². The first-order valence-corrected chi connectivity index (χ1v) is 9.71. The van der Waals surface area contributed by atoms with E-state index in [1.54, 1.807) is 0 Å². The van der Waals surface area contributed by atoms with E-state index in [0.717, 1.165) is 19.3 Å². The van der Waals surface area contributed by atoms with Gasteiger partial charge in [-0.05, 0) is 12.8 Å². The second-order valence-electron chi connectivity index (χ2n) is 6.68. The van der Waals surface area contributed by atoms with E-state index in [1.165, 1.54) is 51.4 Å². The van der Waals surface area contributed by atoms with Gasteiger partial charge in [0.25, 0.3) is 0 Å². The number of hydrogen-bond acceptors (Lipinski definition) is 3. The molecule has 0 aromatic carbocycles. The van der Waals surface area contributed by atoms with Crippen LogP contribution in [-0.2, 0) is 14.4 Å². The van der Waals surface area contributed by atoms with Crippen molar-refractivity contribution in [2.24, 2.45) is 0 Å². The van der Waals surface area contributed by atoms with Crippen molar-refractivity contribution in [1.29, 1.82) is 0 Å². The Labute approximate surface area is 179 Å². The summed E-state index contributed by atoms with van der Waals surface area (Å²) in [6, 6.07) is -1.11. The standard InChI is InChI=1S/C19H35NO5.Na.H/c1-2-3-4-5-6-7-8-9-10-11-12-13-17(21)20-16(19(24)25)14-15-18(22)23;;/h16H,2-15H2,1H3,(H,20,21)(H,22,23)(H,24,25);;/t16-;;/m0../s1. The predicted molar refractivity (Wildman–Crippen MR) is 105 cm³/mol. The Balaban J connectivity index is 0. The maximum absolute atomic E-state index is 11.7. The summed E-state index contributed by atoms with van der Waals surface area (Å²) in [5.74, 6) is -2.56. The molecule has 0 aromatic rings. The number of nitrogens with one attached hydrogen (secondary N) is 1. The van der Waals surface area contributed by atoms with Crippen LogP contribution >= 0.6 is 0 Å². The Hall–Kier alpha value is -0.590. The van der Waals surface area contributed by atoms with Crippen molar-refractivity contribution in [3.63, 3.8) is 0 Å². The third-order valence-electron chi connectivity index (χ3n) is 4.29. The number of hydrogen-bond donors (Lipinski definition) is 3. The van der Waals surface area contributed by atoms with Crippen LogP contribution in [0.4, 0.5) is 0 Å². The van der Waals surface area contributed by atoms with E-state index in [0.29, 0.717) is 6.42 Å². The molecule has 6 nitrogen and oxygen atoms in total. The van der Waals surface area contributed by atoms with E-state index in [2.05, 4.69) is 12.2 Å². The first kappa shape index (κ1) is 27.6. The summed E-state index contributed by atoms with van der Waals surface area (Å²) < 4.78 is 0. The number of rotatable bonds is 17. The van der Waals surface area contributed by atoms with E-state index in [4.69, 9.17) is 10.2 Å². The first-order valence-electron chi connectivity index (χ1n) is 9.71. The number of carbonyl (C=O) groups excluding carboxylic acids is 1. The average molecular weight is 381 g/mol. The molecule has 0 aromatic heterocycles. The van der Waals surface area contributed by atoms with Gasteiger partial charge in [-0.25, -0.2) is 4.79 Å². The molecule has 0 aliphatic heterocycles. The summed E-state index contributed by atoms with van der Waals surface area (Å²) in [6.07, 6.45) is 13.1. The Morgan fingerprint density at radius 1 is 0.769 bits per heavy atom. The van der Waals surface area contributed by atoms with Crippen LogP contribution < -0.4 is 5.32 Å². The molecule has 0 saturated carbocycles. The van der Waals surface area contributed by atoms with Crippen LogP contribution in [0, 0.1) is 0 Å². The molecule has 0 aliphatic rings. The van der Waals surface area contributed by atoms with Gasteiger partial charge in [0.2, 0.25) is 5.91 Å². The maximum atomic E-state index is 11.7. The quantitative estimate of drug-likeness (QED) is 0.264. The number of carbonyl (C=O) groups is 3. The van der Waals surface area contributed by atoms with Crippen LogP contribution in [0.1, 0.15) is 96.8 Å². The Kier molecular flexibility index (Phi) is 20.4. The normalized spacial score (nSPS) is 11.4. The number of aliphatic carboxylic acids is 2. The van der Waals surface area contributed by atoms with Crippen molar-refractivity contribution in [1.82, 2.24) is 5.32 Å². The van der Waals surface area contributed by atoms with Crippen molar-refractivity contribution in [3.05, 3.63) is 0 Å². The SMILES string of the molecule is CCCCCCCCCCCCCC(=O)N[C@@H](CCC(=O)O)C(=O)O.[NaH]. The van der Waals surface area contributed by atoms with Gasteiger partial charge in [-0.3, -0.25) is 9.59 Å². The molecule has 0 unspecified atom stereocenters. The van der Waals surface area contributed by atoms with Gasteiger partial charge in [-0.2, -0.15) is 0 Å². The van der Waals surface area contributed by atoms with Crippen LogP contribution in [0.2, 0.25) is 0 Å². The molecular formula is C19H36NNaO5.